The van der Waals surface area contributed by atoms with Crippen LogP contribution in [0.15, 0.2) is 9.72 Å². The van der Waals surface area contributed by atoms with E-state index in [0.717, 1.165) is 15.6 Å². The van der Waals surface area contributed by atoms with Crippen LogP contribution >= 0.6 is 11.3 Å². The fourth-order valence-corrected chi connectivity index (χ4v) is 4.61. The Labute approximate surface area is 108 Å². The zero-order chi connectivity index (χ0) is 13.3. The van der Waals surface area contributed by atoms with E-state index in [-0.39, 0.29) is 17.3 Å². The third-order valence-electron chi connectivity index (χ3n) is 2.67. The molecule has 1 aliphatic heterocycles. The van der Waals surface area contributed by atoms with Crippen LogP contribution in [0.4, 0.5) is 0 Å². The number of carboxylic acid groups (broad SMARTS) is 1. The van der Waals surface area contributed by atoms with Crippen molar-refractivity contribution in [2.75, 3.05) is 13.1 Å². The number of aliphatic hydroxyl groups excluding tert-OH is 1. The van der Waals surface area contributed by atoms with Crippen molar-refractivity contribution in [2.45, 2.75) is 23.2 Å². The molecule has 1 aromatic heterocycles. The summed E-state index contributed by atoms with van der Waals surface area (Å²) in [5.41, 5.74) is 0.733. The van der Waals surface area contributed by atoms with E-state index in [1.165, 1.54) is 5.51 Å². The van der Waals surface area contributed by atoms with Gasteiger partial charge in [-0.3, -0.25) is 0 Å². The first-order chi connectivity index (χ1) is 8.43. The molecule has 1 saturated heterocycles. The summed E-state index contributed by atoms with van der Waals surface area (Å²) in [6.07, 6.45) is 0.414. The van der Waals surface area contributed by atoms with Crippen LogP contribution in [0.25, 0.3) is 0 Å². The van der Waals surface area contributed by atoms with Crippen molar-refractivity contribution >= 4 is 27.3 Å². The van der Waals surface area contributed by atoms with Gasteiger partial charge in [-0.15, -0.1) is 11.3 Å². The lowest BCUT2D eigenvalue weighted by Gasteiger charge is -2.28. The molecular weight excluding hydrogens is 280 g/mol. The fourth-order valence-electron chi connectivity index (χ4n) is 1.82. The van der Waals surface area contributed by atoms with E-state index in [4.69, 9.17) is 5.11 Å². The molecule has 1 atom stereocenters. The average Bonchev–Trinajstić information content (AvgIpc) is 2.78. The molecule has 9 heteroatoms. The van der Waals surface area contributed by atoms with Crippen LogP contribution in [0.3, 0.4) is 0 Å². The SMILES string of the molecule is O=C(O)c1ncsc1S(=O)(=O)N1CCC[C@H](O)C1. The highest BCUT2D eigenvalue weighted by Gasteiger charge is 2.34. The highest BCUT2D eigenvalue weighted by Crippen LogP contribution is 2.26. The average molecular weight is 292 g/mol. The summed E-state index contributed by atoms with van der Waals surface area (Å²) >= 11 is 0.776. The summed E-state index contributed by atoms with van der Waals surface area (Å²) in [4.78, 5) is 14.4. The van der Waals surface area contributed by atoms with Crippen molar-refractivity contribution in [3.8, 4) is 0 Å². The van der Waals surface area contributed by atoms with Crippen molar-refractivity contribution < 1.29 is 23.4 Å². The monoisotopic (exact) mass is 292 g/mol. The topological polar surface area (TPSA) is 108 Å². The molecule has 18 heavy (non-hydrogen) atoms. The molecule has 0 unspecified atom stereocenters. The number of rotatable bonds is 3. The van der Waals surface area contributed by atoms with E-state index >= 15 is 0 Å². The van der Waals surface area contributed by atoms with Gasteiger partial charge >= 0.3 is 5.97 Å². The molecule has 0 bridgehead atoms. The molecule has 0 amide bonds. The van der Waals surface area contributed by atoms with Crippen LogP contribution in [-0.4, -0.2) is 53.1 Å². The minimum atomic E-state index is -3.88. The molecule has 0 radical (unpaired) electrons. The van der Waals surface area contributed by atoms with Gasteiger partial charge in [0.25, 0.3) is 10.0 Å². The molecule has 1 fully saturated rings. The number of carbonyl (C=O) groups is 1. The number of thiazole rings is 1. The summed E-state index contributed by atoms with van der Waals surface area (Å²) in [6.45, 7) is 0.287. The molecule has 2 heterocycles. The maximum absolute atomic E-state index is 12.2. The second-order valence-electron chi connectivity index (χ2n) is 3.95. The standard InChI is InChI=1S/C9H12N2O5S2/c12-6-2-1-3-11(4-6)18(15,16)9-7(8(13)14)10-5-17-9/h5-6,12H,1-4H2,(H,13,14)/t6-/m0/s1. The molecule has 1 aromatic rings. The first-order valence-electron chi connectivity index (χ1n) is 5.28. The van der Waals surface area contributed by atoms with Gasteiger partial charge in [0, 0.05) is 13.1 Å². The number of hydrogen-bond acceptors (Lipinski definition) is 6. The van der Waals surface area contributed by atoms with Crippen LogP contribution in [0.1, 0.15) is 23.3 Å². The molecule has 1 aliphatic rings. The van der Waals surface area contributed by atoms with E-state index in [1.54, 1.807) is 0 Å². The van der Waals surface area contributed by atoms with Gasteiger partial charge in [0.05, 0.1) is 11.6 Å². The number of sulfonamides is 1. The van der Waals surface area contributed by atoms with Crippen LogP contribution < -0.4 is 0 Å². The Morgan fingerprint density at radius 3 is 2.89 bits per heavy atom. The molecule has 0 aromatic carbocycles. The Morgan fingerprint density at radius 1 is 1.56 bits per heavy atom. The molecule has 0 saturated carbocycles. The zero-order valence-corrected chi connectivity index (χ0v) is 10.9. The number of aliphatic hydroxyl groups is 1. The smallest absolute Gasteiger partial charge is 0.356 e. The van der Waals surface area contributed by atoms with E-state index < -0.39 is 27.8 Å². The lowest BCUT2D eigenvalue weighted by atomic mass is 10.1. The molecule has 0 aliphatic carbocycles. The van der Waals surface area contributed by atoms with Crippen molar-refractivity contribution in [1.82, 2.24) is 9.29 Å². The zero-order valence-electron chi connectivity index (χ0n) is 9.31. The molecule has 100 valence electrons. The van der Waals surface area contributed by atoms with Gasteiger partial charge in [0.2, 0.25) is 0 Å². The van der Waals surface area contributed by atoms with Crippen LogP contribution in [0.2, 0.25) is 0 Å². The second kappa shape index (κ2) is 4.92. The number of aromatic nitrogens is 1. The van der Waals surface area contributed by atoms with Gasteiger partial charge in [-0.25, -0.2) is 18.2 Å². The summed E-state index contributed by atoms with van der Waals surface area (Å²) in [5.74, 6) is -1.37. The van der Waals surface area contributed by atoms with Gasteiger partial charge in [-0.05, 0) is 12.8 Å². The first-order valence-corrected chi connectivity index (χ1v) is 7.60. The van der Waals surface area contributed by atoms with E-state index in [0.29, 0.717) is 12.8 Å². The van der Waals surface area contributed by atoms with Crippen LogP contribution in [0, 0.1) is 0 Å². The third kappa shape index (κ3) is 2.39. The number of aromatic carboxylic acids is 1. The van der Waals surface area contributed by atoms with E-state index in [9.17, 15) is 18.3 Å². The van der Waals surface area contributed by atoms with E-state index in [1.807, 2.05) is 0 Å². The fraction of sp³-hybridized carbons (Fsp3) is 0.556. The highest BCUT2D eigenvalue weighted by atomic mass is 32.2. The van der Waals surface area contributed by atoms with Gasteiger partial charge in [0.15, 0.2) is 9.90 Å². The summed E-state index contributed by atoms with van der Waals surface area (Å²) < 4.78 is 25.3. The second-order valence-corrected chi connectivity index (χ2v) is 6.94. The number of hydrogen-bond donors (Lipinski definition) is 2. The molecule has 2 rings (SSSR count). The predicted molar refractivity (Wildman–Crippen MR) is 63.1 cm³/mol. The van der Waals surface area contributed by atoms with Crippen molar-refractivity contribution in [3.63, 3.8) is 0 Å². The predicted octanol–water partition coefficient (Wildman–Crippen LogP) is -0.0133. The van der Waals surface area contributed by atoms with Gasteiger partial charge in [-0.2, -0.15) is 4.31 Å². The largest absolute Gasteiger partial charge is 0.476 e. The van der Waals surface area contributed by atoms with Crippen molar-refractivity contribution in [1.29, 1.82) is 0 Å². The normalized spacial score (nSPS) is 21.9. The minimum Gasteiger partial charge on any atom is -0.476 e. The number of carboxylic acids is 1. The molecule has 7 nitrogen and oxygen atoms in total. The van der Waals surface area contributed by atoms with Crippen LogP contribution in [0.5, 0.6) is 0 Å². The number of piperidine rings is 1. The molecule has 0 spiro atoms. The third-order valence-corrected chi connectivity index (χ3v) is 5.88. The minimum absolute atomic E-state index is 0.000702. The quantitative estimate of drug-likeness (QED) is 0.811. The highest BCUT2D eigenvalue weighted by molar-refractivity contribution is 7.91. The Hall–Kier alpha value is -1.03. The summed E-state index contributed by atoms with van der Waals surface area (Å²) in [7, 11) is -3.88. The Morgan fingerprint density at radius 2 is 2.28 bits per heavy atom. The maximum Gasteiger partial charge on any atom is 0.356 e. The number of nitrogens with zero attached hydrogens (tertiary/aromatic N) is 2. The summed E-state index contributed by atoms with van der Waals surface area (Å²) in [6, 6.07) is 0. The van der Waals surface area contributed by atoms with Gasteiger partial charge in [0.1, 0.15) is 0 Å². The first kappa shape index (κ1) is 13.4. The van der Waals surface area contributed by atoms with E-state index in [2.05, 4.69) is 4.98 Å². The molecular formula is C9H12N2O5S2. The van der Waals surface area contributed by atoms with Crippen LogP contribution in [-0.2, 0) is 10.0 Å². The lowest BCUT2D eigenvalue weighted by Crippen LogP contribution is -2.42. The summed E-state index contributed by atoms with van der Waals surface area (Å²) in [5, 5.41) is 18.4. The lowest BCUT2D eigenvalue weighted by molar-refractivity contribution is 0.0687. The Kier molecular flexibility index (Phi) is 3.66. The molecule has 2 N–H and O–H groups in total. The van der Waals surface area contributed by atoms with Gasteiger partial charge in [-0.1, -0.05) is 0 Å². The maximum atomic E-state index is 12.2. The van der Waals surface area contributed by atoms with Crippen molar-refractivity contribution in [2.24, 2.45) is 0 Å². The van der Waals surface area contributed by atoms with Crippen molar-refractivity contribution in [3.05, 3.63) is 11.2 Å². The van der Waals surface area contributed by atoms with Gasteiger partial charge < -0.3 is 10.2 Å². The Bertz CT molecular complexity index is 553. The number of β-amino-alcohol motifs (C(OH)–C–C–N with tert-alkyl or cyclic N) is 1. The Balaban J connectivity index is 2.36.